The molecule has 4 nitrogen and oxygen atoms in total. The van der Waals surface area contributed by atoms with E-state index < -0.39 is 21.8 Å². The zero-order valence-electron chi connectivity index (χ0n) is 13.0. The summed E-state index contributed by atoms with van der Waals surface area (Å²) in [6.45, 7) is 0. The average Bonchev–Trinajstić information content (AvgIpc) is 2.53. The second kappa shape index (κ2) is 6.78. The minimum absolute atomic E-state index is 0.123. The van der Waals surface area contributed by atoms with Crippen molar-refractivity contribution in [3.05, 3.63) is 29.8 Å². The first kappa shape index (κ1) is 18.2. The SMILES string of the molecule is COC1CCC(N(C)S(=O)(=O)c2ccc(C(F)(F)F)cc2)CC1. The number of halogens is 3. The van der Waals surface area contributed by atoms with E-state index in [1.807, 2.05) is 0 Å². The summed E-state index contributed by atoms with van der Waals surface area (Å²) >= 11 is 0. The van der Waals surface area contributed by atoms with Crippen LogP contribution in [0.3, 0.4) is 0 Å². The average molecular weight is 351 g/mol. The first-order valence-electron chi connectivity index (χ1n) is 7.34. The maximum Gasteiger partial charge on any atom is 0.416 e. The van der Waals surface area contributed by atoms with Crippen LogP contribution in [0.25, 0.3) is 0 Å². The number of benzene rings is 1. The lowest BCUT2D eigenvalue weighted by Gasteiger charge is -2.33. The Balaban J connectivity index is 2.14. The lowest BCUT2D eigenvalue weighted by molar-refractivity contribution is -0.137. The van der Waals surface area contributed by atoms with E-state index in [1.54, 1.807) is 7.11 Å². The number of sulfonamides is 1. The molecule has 130 valence electrons. The Kier molecular flexibility index (Phi) is 5.37. The molecule has 2 rings (SSSR count). The standard InChI is InChI=1S/C15H20F3NO3S/c1-19(12-5-7-13(22-2)8-6-12)23(20,21)14-9-3-11(4-10-14)15(16,17)18/h3-4,9-10,12-13H,5-8H2,1-2H3. The van der Waals surface area contributed by atoms with Crippen molar-refractivity contribution < 1.29 is 26.3 Å². The highest BCUT2D eigenvalue weighted by Gasteiger charge is 2.33. The van der Waals surface area contributed by atoms with Gasteiger partial charge in [0.2, 0.25) is 10.0 Å². The van der Waals surface area contributed by atoms with Gasteiger partial charge in [0, 0.05) is 20.2 Å². The first-order chi connectivity index (χ1) is 10.7. The van der Waals surface area contributed by atoms with Crippen molar-refractivity contribution in [3.63, 3.8) is 0 Å². The molecule has 0 spiro atoms. The summed E-state index contributed by atoms with van der Waals surface area (Å²) in [6, 6.07) is 3.45. The van der Waals surface area contributed by atoms with Gasteiger partial charge in [0.15, 0.2) is 0 Å². The molecule has 0 amide bonds. The van der Waals surface area contributed by atoms with Gasteiger partial charge >= 0.3 is 6.18 Å². The fraction of sp³-hybridized carbons (Fsp3) is 0.600. The topological polar surface area (TPSA) is 46.6 Å². The molecule has 0 heterocycles. The number of alkyl halides is 3. The normalized spacial score (nSPS) is 23.2. The predicted molar refractivity (Wildman–Crippen MR) is 79.4 cm³/mol. The zero-order valence-corrected chi connectivity index (χ0v) is 13.8. The summed E-state index contributed by atoms with van der Waals surface area (Å²) in [5.41, 5.74) is -0.861. The molecule has 0 unspecified atom stereocenters. The third-order valence-corrected chi connectivity index (χ3v) is 6.27. The van der Waals surface area contributed by atoms with Gasteiger partial charge in [-0.05, 0) is 49.9 Å². The van der Waals surface area contributed by atoms with E-state index >= 15 is 0 Å². The molecule has 1 fully saturated rings. The van der Waals surface area contributed by atoms with Crippen LogP contribution in [0.2, 0.25) is 0 Å². The summed E-state index contributed by atoms with van der Waals surface area (Å²) in [4.78, 5) is -0.123. The van der Waals surface area contributed by atoms with Crippen molar-refractivity contribution >= 4 is 10.0 Å². The summed E-state index contributed by atoms with van der Waals surface area (Å²) in [6.07, 6.45) is -1.44. The molecular formula is C15H20F3NO3S. The van der Waals surface area contributed by atoms with Crippen molar-refractivity contribution in [2.24, 2.45) is 0 Å². The molecule has 0 N–H and O–H groups in total. The van der Waals surface area contributed by atoms with E-state index in [1.165, 1.54) is 11.4 Å². The number of methoxy groups -OCH3 is 1. The summed E-state index contributed by atoms with van der Waals surface area (Å²) < 4.78 is 69.3. The van der Waals surface area contributed by atoms with Gasteiger partial charge in [0.05, 0.1) is 16.6 Å². The lowest BCUT2D eigenvalue weighted by atomic mass is 9.93. The van der Waals surface area contributed by atoms with Gasteiger partial charge in [-0.25, -0.2) is 8.42 Å². The molecule has 8 heteroatoms. The second-order valence-corrected chi connectivity index (χ2v) is 7.71. The smallest absolute Gasteiger partial charge is 0.381 e. The molecule has 1 aromatic rings. The van der Waals surface area contributed by atoms with Gasteiger partial charge in [0.1, 0.15) is 0 Å². The van der Waals surface area contributed by atoms with Gasteiger partial charge in [-0.3, -0.25) is 0 Å². The molecule has 0 atom stereocenters. The van der Waals surface area contributed by atoms with Crippen LogP contribution in [0.5, 0.6) is 0 Å². The fourth-order valence-corrected chi connectivity index (χ4v) is 4.24. The van der Waals surface area contributed by atoms with Crippen molar-refractivity contribution in [1.82, 2.24) is 4.31 Å². The molecule has 0 aromatic heterocycles. The molecule has 0 aliphatic heterocycles. The van der Waals surface area contributed by atoms with E-state index in [4.69, 9.17) is 4.74 Å². The van der Waals surface area contributed by atoms with Crippen LogP contribution >= 0.6 is 0 Å². The summed E-state index contributed by atoms with van der Waals surface area (Å²) in [5.74, 6) is 0. The van der Waals surface area contributed by atoms with Crippen LogP contribution in [-0.2, 0) is 20.9 Å². The Morgan fingerprint density at radius 3 is 2.04 bits per heavy atom. The third kappa shape index (κ3) is 4.05. The number of ether oxygens (including phenoxy) is 1. The Labute approximate surface area is 134 Å². The number of nitrogens with zero attached hydrogens (tertiary/aromatic N) is 1. The predicted octanol–water partition coefficient (Wildman–Crippen LogP) is 3.28. The molecule has 1 aromatic carbocycles. The summed E-state index contributed by atoms with van der Waals surface area (Å²) in [7, 11) is -0.690. The van der Waals surface area contributed by atoms with E-state index in [-0.39, 0.29) is 17.0 Å². The molecular weight excluding hydrogens is 331 g/mol. The Morgan fingerprint density at radius 2 is 1.61 bits per heavy atom. The Hall–Kier alpha value is -1.12. The molecule has 23 heavy (non-hydrogen) atoms. The van der Waals surface area contributed by atoms with Crippen LogP contribution in [-0.4, -0.2) is 39.0 Å². The molecule has 0 bridgehead atoms. The zero-order chi connectivity index (χ0) is 17.3. The summed E-state index contributed by atoms with van der Waals surface area (Å²) in [5, 5.41) is 0. The largest absolute Gasteiger partial charge is 0.416 e. The number of rotatable bonds is 4. The minimum Gasteiger partial charge on any atom is -0.381 e. The Morgan fingerprint density at radius 1 is 1.09 bits per heavy atom. The van der Waals surface area contributed by atoms with Crippen LogP contribution in [0.4, 0.5) is 13.2 Å². The highest BCUT2D eigenvalue weighted by Crippen LogP contribution is 2.31. The second-order valence-electron chi connectivity index (χ2n) is 5.71. The van der Waals surface area contributed by atoms with Crippen molar-refractivity contribution in [2.75, 3.05) is 14.2 Å². The molecule has 1 saturated carbocycles. The van der Waals surface area contributed by atoms with Gasteiger partial charge in [-0.15, -0.1) is 0 Å². The highest BCUT2D eigenvalue weighted by atomic mass is 32.2. The lowest BCUT2D eigenvalue weighted by Crippen LogP contribution is -2.40. The molecule has 1 aliphatic rings. The van der Waals surface area contributed by atoms with Gasteiger partial charge in [-0.1, -0.05) is 0 Å². The molecule has 0 radical (unpaired) electrons. The fourth-order valence-electron chi connectivity index (χ4n) is 2.82. The Bertz CT molecular complexity index is 620. The minimum atomic E-state index is -4.48. The van der Waals surface area contributed by atoms with Crippen LogP contribution < -0.4 is 0 Å². The van der Waals surface area contributed by atoms with Crippen molar-refractivity contribution in [3.8, 4) is 0 Å². The van der Waals surface area contributed by atoms with Crippen molar-refractivity contribution in [1.29, 1.82) is 0 Å². The number of hydrogen-bond donors (Lipinski definition) is 0. The quantitative estimate of drug-likeness (QED) is 0.836. The van der Waals surface area contributed by atoms with E-state index in [2.05, 4.69) is 0 Å². The monoisotopic (exact) mass is 351 g/mol. The van der Waals surface area contributed by atoms with Crippen molar-refractivity contribution in [2.45, 2.75) is 48.9 Å². The van der Waals surface area contributed by atoms with E-state index in [9.17, 15) is 21.6 Å². The van der Waals surface area contributed by atoms with E-state index in [0.717, 1.165) is 37.1 Å². The first-order valence-corrected chi connectivity index (χ1v) is 8.78. The third-order valence-electron chi connectivity index (χ3n) is 4.35. The van der Waals surface area contributed by atoms with Gasteiger partial charge in [-0.2, -0.15) is 17.5 Å². The maximum atomic E-state index is 12.6. The van der Waals surface area contributed by atoms with Crippen LogP contribution in [0.15, 0.2) is 29.2 Å². The van der Waals surface area contributed by atoms with Crippen LogP contribution in [0.1, 0.15) is 31.2 Å². The molecule has 0 saturated heterocycles. The van der Waals surface area contributed by atoms with Gasteiger partial charge in [0.25, 0.3) is 0 Å². The van der Waals surface area contributed by atoms with E-state index in [0.29, 0.717) is 12.8 Å². The molecule has 1 aliphatic carbocycles. The maximum absolute atomic E-state index is 12.6. The number of hydrogen-bond acceptors (Lipinski definition) is 3. The van der Waals surface area contributed by atoms with Gasteiger partial charge < -0.3 is 4.74 Å². The van der Waals surface area contributed by atoms with Crippen LogP contribution in [0, 0.1) is 0 Å². The highest BCUT2D eigenvalue weighted by molar-refractivity contribution is 7.89.